The third-order valence-corrected chi connectivity index (χ3v) is 3.17. The molecule has 0 radical (unpaired) electrons. The summed E-state index contributed by atoms with van der Waals surface area (Å²) in [6.45, 7) is 0.707. The summed E-state index contributed by atoms with van der Waals surface area (Å²) in [7, 11) is 0. The summed E-state index contributed by atoms with van der Waals surface area (Å²) in [5.41, 5.74) is 2.10. The third-order valence-electron chi connectivity index (χ3n) is 2.92. The first kappa shape index (κ1) is 11.9. The van der Waals surface area contributed by atoms with E-state index in [2.05, 4.69) is 15.3 Å². The Labute approximate surface area is 116 Å². The summed E-state index contributed by atoms with van der Waals surface area (Å²) in [4.78, 5) is 8.53. The smallest absolute Gasteiger partial charge is 0.137 e. The highest BCUT2D eigenvalue weighted by Gasteiger charge is 2.02. The zero-order valence-corrected chi connectivity index (χ0v) is 10.9. The van der Waals surface area contributed by atoms with Crippen molar-refractivity contribution in [2.24, 2.45) is 0 Å². The number of para-hydroxylation sites is 1. The molecule has 0 saturated carbocycles. The van der Waals surface area contributed by atoms with Crippen molar-refractivity contribution in [3.63, 3.8) is 0 Å². The SMILES string of the molecule is Clc1ccc(CNc2ncnc3ccccc23)cc1. The van der Waals surface area contributed by atoms with Crippen LogP contribution in [-0.2, 0) is 6.54 Å². The Kier molecular flexibility index (Phi) is 3.29. The van der Waals surface area contributed by atoms with Crippen molar-refractivity contribution >= 4 is 28.3 Å². The van der Waals surface area contributed by atoms with Gasteiger partial charge in [-0.1, -0.05) is 35.9 Å². The van der Waals surface area contributed by atoms with Crippen LogP contribution in [0.25, 0.3) is 10.9 Å². The maximum atomic E-state index is 5.87. The van der Waals surface area contributed by atoms with Gasteiger partial charge in [0, 0.05) is 17.0 Å². The standard InChI is InChI=1S/C15H12ClN3/c16-12-7-5-11(6-8-12)9-17-15-13-3-1-2-4-14(13)18-10-19-15/h1-8,10H,9H2,(H,17,18,19). The van der Waals surface area contributed by atoms with Crippen LogP contribution in [0.2, 0.25) is 5.02 Å². The molecule has 3 nitrogen and oxygen atoms in total. The molecule has 1 aromatic heterocycles. The van der Waals surface area contributed by atoms with E-state index in [4.69, 9.17) is 11.6 Å². The molecule has 0 fully saturated rings. The third kappa shape index (κ3) is 2.66. The lowest BCUT2D eigenvalue weighted by molar-refractivity contribution is 1.10. The molecule has 4 heteroatoms. The van der Waals surface area contributed by atoms with Gasteiger partial charge in [0.25, 0.3) is 0 Å². The van der Waals surface area contributed by atoms with E-state index in [0.29, 0.717) is 6.54 Å². The molecule has 1 N–H and O–H groups in total. The van der Waals surface area contributed by atoms with Gasteiger partial charge in [-0.05, 0) is 29.8 Å². The first-order valence-electron chi connectivity index (χ1n) is 6.01. The van der Waals surface area contributed by atoms with Crippen LogP contribution in [-0.4, -0.2) is 9.97 Å². The molecular formula is C15H12ClN3. The molecule has 19 heavy (non-hydrogen) atoms. The van der Waals surface area contributed by atoms with Gasteiger partial charge < -0.3 is 5.32 Å². The fourth-order valence-electron chi connectivity index (χ4n) is 1.93. The molecule has 0 atom stereocenters. The Bertz CT molecular complexity index is 690. The van der Waals surface area contributed by atoms with Crippen molar-refractivity contribution in [1.29, 1.82) is 0 Å². The Morgan fingerprint density at radius 3 is 2.58 bits per heavy atom. The molecule has 0 spiro atoms. The number of hydrogen-bond acceptors (Lipinski definition) is 3. The fourth-order valence-corrected chi connectivity index (χ4v) is 2.06. The van der Waals surface area contributed by atoms with E-state index >= 15 is 0 Å². The molecule has 3 aromatic rings. The van der Waals surface area contributed by atoms with Gasteiger partial charge in [0.2, 0.25) is 0 Å². The summed E-state index contributed by atoms with van der Waals surface area (Å²) in [6, 6.07) is 15.7. The van der Waals surface area contributed by atoms with Crippen LogP contribution >= 0.6 is 11.6 Å². The van der Waals surface area contributed by atoms with Crippen LogP contribution in [0.1, 0.15) is 5.56 Å². The predicted molar refractivity (Wildman–Crippen MR) is 78.3 cm³/mol. The van der Waals surface area contributed by atoms with Crippen molar-refractivity contribution < 1.29 is 0 Å². The maximum absolute atomic E-state index is 5.87. The molecule has 0 saturated heterocycles. The molecule has 0 aliphatic carbocycles. The highest BCUT2D eigenvalue weighted by molar-refractivity contribution is 6.30. The molecule has 0 amide bonds. The normalized spacial score (nSPS) is 10.6. The average Bonchev–Trinajstić information content (AvgIpc) is 2.47. The lowest BCUT2D eigenvalue weighted by Gasteiger charge is -2.08. The molecule has 0 unspecified atom stereocenters. The molecule has 0 aliphatic rings. The van der Waals surface area contributed by atoms with Crippen LogP contribution in [0.5, 0.6) is 0 Å². The number of nitrogens with zero attached hydrogens (tertiary/aromatic N) is 2. The van der Waals surface area contributed by atoms with Crippen molar-refractivity contribution in [2.75, 3.05) is 5.32 Å². The quantitative estimate of drug-likeness (QED) is 0.784. The molecule has 2 aromatic carbocycles. The van der Waals surface area contributed by atoms with Gasteiger partial charge in [-0.3, -0.25) is 0 Å². The van der Waals surface area contributed by atoms with Crippen LogP contribution in [0.4, 0.5) is 5.82 Å². The molecule has 94 valence electrons. The first-order chi connectivity index (χ1) is 9.33. The molecule has 1 heterocycles. The number of benzene rings is 2. The van der Waals surface area contributed by atoms with Gasteiger partial charge in [-0.2, -0.15) is 0 Å². The summed E-state index contributed by atoms with van der Waals surface area (Å²) >= 11 is 5.87. The van der Waals surface area contributed by atoms with Crippen molar-refractivity contribution in [3.05, 3.63) is 65.4 Å². The zero-order chi connectivity index (χ0) is 13.1. The van der Waals surface area contributed by atoms with Gasteiger partial charge in [0.15, 0.2) is 0 Å². The van der Waals surface area contributed by atoms with E-state index < -0.39 is 0 Å². The number of fused-ring (bicyclic) bond motifs is 1. The van der Waals surface area contributed by atoms with E-state index in [-0.39, 0.29) is 0 Å². The van der Waals surface area contributed by atoms with Crippen LogP contribution < -0.4 is 5.32 Å². The Morgan fingerprint density at radius 1 is 0.947 bits per heavy atom. The zero-order valence-electron chi connectivity index (χ0n) is 10.2. The van der Waals surface area contributed by atoms with Crippen LogP contribution in [0.15, 0.2) is 54.9 Å². The second-order valence-corrected chi connectivity index (χ2v) is 4.66. The lowest BCUT2D eigenvalue weighted by atomic mass is 10.2. The van der Waals surface area contributed by atoms with E-state index in [1.54, 1.807) is 6.33 Å². The number of hydrogen-bond donors (Lipinski definition) is 1. The van der Waals surface area contributed by atoms with Crippen molar-refractivity contribution in [2.45, 2.75) is 6.54 Å². The highest BCUT2D eigenvalue weighted by Crippen LogP contribution is 2.19. The minimum absolute atomic E-state index is 0.707. The fraction of sp³-hybridized carbons (Fsp3) is 0.0667. The number of anilines is 1. The highest BCUT2D eigenvalue weighted by atomic mass is 35.5. The molecule has 0 bridgehead atoms. The second kappa shape index (κ2) is 5.24. The van der Waals surface area contributed by atoms with Gasteiger partial charge in [-0.25, -0.2) is 9.97 Å². The van der Waals surface area contributed by atoms with E-state index in [0.717, 1.165) is 27.3 Å². The van der Waals surface area contributed by atoms with Gasteiger partial charge in [0.1, 0.15) is 12.1 Å². The molecule has 3 rings (SSSR count). The van der Waals surface area contributed by atoms with Gasteiger partial charge >= 0.3 is 0 Å². The van der Waals surface area contributed by atoms with Gasteiger partial charge in [0.05, 0.1) is 5.52 Å². The Balaban J connectivity index is 1.84. The van der Waals surface area contributed by atoms with E-state index in [9.17, 15) is 0 Å². The molecule has 0 aliphatic heterocycles. The van der Waals surface area contributed by atoms with Crippen molar-refractivity contribution in [1.82, 2.24) is 9.97 Å². The van der Waals surface area contributed by atoms with Gasteiger partial charge in [-0.15, -0.1) is 0 Å². The number of nitrogens with one attached hydrogen (secondary N) is 1. The lowest BCUT2D eigenvalue weighted by Crippen LogP contribution is -2.02. The van der Waals surface area contributed by atoms with Crippen LogP contribution in [0, 0.1) is 0 Å². The average molecular weight is 270 g/mol. The second-order valence-electron chi connectivity index (χ2n) is 4.22. The maximum Gasteiger partial charge on any atom is 0.137 e. The van der Waals surface area contributed by atoms with E-state index in [1.165, 1.54) is 0 Å². The predicted octanol–water partition coefficient (Wildman–Crippen LogP) is 3.90. The monoisotopic (exact) mass is 269 g/mol. The summed E-state index contributed by atoms with van der Waals surface area (Å²) in [6.07, 6.45) is 1.58. The minimum atomic E-state index is 0.707. The minimum Gasteiger partial charge on any atom is -0.365 e. The Hall–Kier alpha value is -2.13. The molecular weight excluding hydrogens is 258 g/mol. The van der Waals surface area contributed by atoms with E-state index in [1.807, 2.05) is 48.5 Å². The largest absolute Gasteiger partial charge is 0.365 e. The Morgan fingerprint density at radius 2 is 1.74 bits per heavy atom. The number of halogens is 1. The summed E-state index contributed by atoms with van der Waals surface area (Å²) < 4.78 is 0. The number of rotatable bonds is 3. The van der Waals surface area contributed by atoms with Crippen molar-refractivity contribution in [3.8, 4) is 0 Å². The first-order valence-corrected chi connectivity index (χ1v) is 6.39. The summed E-state index contributed by atoms with van der Waals surface area (Å²) in [5.74, 6) is 0.848. The summed E-state index contributed by atoms with van der Waals surface area (Å²) in [5, 5.41) is 5.10. The van der Waals surface area contributed by atoms with Crippen LogP contribution in [0.3, 0.4) is 0 Å². The number of aromatic nitrogens is 2. The topological polar surface area (TPSA) is 37.8 Å².